The van der Waals surface area contributed by atoms with E-state index >= 15 is 0 Å². The van der Waals surface area contributed by atoms with Crippen LogP contribution in [0.5, 0.6) is 0 Å². The molecule has 5 nitrogen and oxygen atoms in total. The second kappa shape index (κ2) is 5.73. The number of rotatable bonds is 3. The Hall–Kier alpha value is -1.75. The molecule has 1 unspecified atom stereocenters. The Labute approximate surface area is 107 Å². The summed E-state index contributed by atoms with van der Waals surface area (Å²) in [5, 5.41) is 5.94. The minimum Gasteiger partial charge on any atom is -0.397 e. The van der Waals surface area contributed by atoms with Crippen LogP contribution in [0.15, 0.2) is 18.2 Å². The summed E-state index contributed by atoms with van der Waals surface area (Å²) in [6, 6.07) is 5.51. The number of carbonyl (C=O) groups excluding carboxylic acids is 1. The molecule has 0 aromatic heterocycles. The number of amides is 1. The van der Waals surface area contributed by atoms with E-state index in [9.17, 15) is 4.79 Å². The van der Waals surface area contributed by atoms with Crippen LogP contribution in [0.2, 0.25) is 0 Å². The predicted octanol–water partition coefficient (Wildman–Crippen LogP) is 1.22. The second-order valence-electron chi connectivity index (χ2n) is 4.44. The van der Waals surface area contributed by atoms with Gasteiger partial charge in [-0.25, -0.2) is 0 Å². The Bertz CT molecular complexity index is 428. The smallest absolute Gasteiger partial charge is 0.251 e. The van der Waals surface area contributed by atoms with Gasteiger partial charge in [0, 0.05) is 25.3 Å². The van der Waals surface area contributed by atoms with Crippen molar-refractivity contribution in [1.29, 1.82) is 0 Å². The number of nitrogens with one attached hydrogen (secondary N) is 2. The van der Waals surface area contributed by atoms with Crippen LogP contribution in [0.3, 0.4) is 0 Å². The summed E-state index contributed by atoms with van der Waals surface area (Å²) in [6.07, 6.45) is 2.11. The zero-order valence-electron chi connectivity index (χ0n) is 10.5. The molecule has 1 saturated heterocycles. The summed E-state index contributed by atoms with van der Waals surface area (Å²) >= 11 is 0. The van der Waals surface area contributed by atoms with E-state index < -0.39 is 0 Å². The van der Waals surface area contributed by atoms with E-state index in [4.69, 9.17) is 10.5 Å². The van der Waals surface area contributed by atoms with Gasteiger partial charge in [0.2, 0.25) is 0 Å². The number of anilines is 2. The van der Waals surface area contributed by atoms with E-state index in [0.717, 1.165) is 25.1 Å². The van der Waals surface area contributed by atoms with Crippen molar-refractivity contribution < 1.29 is 9.53 Å². The highest BCUT2D eigenvalue weighted by atomic mass is 16.5. The number of nitrogens with two attached hydrogens (primary N) is 1. The van der Waals surface area contributed by atoms with E-state index in [1.165, 1.54) is 0 Å². The van der Waals surface area contributed by atoms with Crippen LogP contribution in [-0.2, 0) is 4.74 Å². The Morgan fingerprint density at radius 1 is 1.50 bits per heavy atom. The van der Waals surface area contributed by atoms with Gasteiger partial charge in [0.15, 0.2) is 0 Å². The number of ether oxygens (including phenoxy) is 1. The fourth-order valence-corrected chi connectivity index (χ4v) is 2.04. The van der Waals surface area contributed by atoms with Crippen LogP contribution in [0.1, 0.15) is 23.2 Å². The van der Waals surface area contributed by atoms with Gasteiger partial charge in [-0.05, 0) is 31.0 Å². The van der Waals surface area contributed by atoms with E-state index in [2.05, 4.69) is 10.6 Å². The highest BCUT2D eigenvalue weighted by Gasteiger charge is 2.15. The fourth-order valence-electron chi connectivity index (χ4n) is 2.04. The lowest BCUT2D eigenvalue weighted by Crippen LogP contribution is -2.30. The molecule has 1 aliphatic heterocycles. The molecule has 0 saturated carbocycles. The van der Waals surface area contributed by atoms with E-state index in [0.29, 0.717) is 17.9 Å². The van der Waals surface area contributed by atoms with Crippen molar-refractivity contribution >= 4 is 17.3 Å². The lowest BCUT2D eigenvalue weighted by molar-refractivity contribution is 0.0876. The summed E-state index contributed by atoms with van der Waals surface area (Å²) in [7, 11) is 1.61. The normalized spacial score (nSPS) is 19.3. The molecule has 0 spiro atoms. The van der Waals surface area contributed by atoms with Gasteiger partial charge >= 0.3 is 0 Å². The predicted molar refractivity (Wildman–Crippen MR) is 71.7 cm³/mol. The molecule has 1 heterocycles. The first-order chi connectivity index (χ1) is 8.70. The van der Waals surface area contributed by atoms with Gasteiger partial charge in [0.05, 0.1) is 18.0 Å². The average Bonchev–Trinajstić information content (AvgIpc) is 2.41. The number of nitrogen functional groups attached to an aromatic ring is 1. The first-order valence-corrected chi connectivity index (χ1v) is 6.16. The monoisotopic (exact) mass is 249 g/mol. The van der Waals surface area contributed by atoms with Gasteiger partial charge in [-0.2, -0.15) is 0 Å². The third-order valence-corrected chi connectivity index (χ3v) is 3.06. The summed E-state index contributed by atoms with van der Waals surface area (Å²) < 4.78 is 5.41. The van der Waals surface area contributed by atoms with Crippen LogP contribution in [-0.4, -0.2) is 32.2 Å². The van der Waals surface area contributed by atoms with E-state index in [-0.39, 0.29) is 11.9 Å². The summed E-state index contributed by atoms with van der Waals surface area (Å²) in [6.45, 7) is 1.51. The van der Waals surface area contributed by atoms with Crippen molar-refractivity contribution in [3.63, 3.8) is 0 Å². The third kappa shape index (κ3) is 2.92. The second-order valence-corrected chi connectivity index (χ2v) is 4.44. The number of carbonyl (C=O) groups is 1. The van der Waals surface area contributed by atoms with Gasteiger partial charge in [-0.1, -0.05) is 0 Å². The Morgan fingerprint density at radius 2 is 2.33 bits per heavy atom. The molecule has 1 aliphatic rings. The molecule has 0 radical (unpaired) electrons. The van der Waals surface area contributed by atoms with Crippen molar-refractivity contribution in [2.24, 2.45) is 0 Å². The minimum atomic E-state index is -0.113. The van der Waals surface area contributed by atoms with Gasteiger partial charge in [-0.3, -0.25) is 4.79 Å². The maximum absolute atomic E-state index is 11.6. The van der Waals surface area contributed by atoms with Crippen LogP contribution < -0.4 is 16.4 Å². The van der Waals surface area contributed by atoms with Crippen LogP contribution >= 0.6 is 0 Å². The molecule has 1 aromatic carbocycles. The zero-order valence-corrected chi connectivity index (χ0v) is 10.5. The topological polar surface area (TPSA) is 76.4 Å². The quantitative estimate of drug-likeness (QED) is 0.704. The Morgan fingerprint density at radius 3 is 3.00 bits per heavy atom. The van der Waals surface area contributed by atoms with E-state index in [1.807, 2.05) is 0 Å². The largest absolute Gasteiger partial charge is 0.397 e. The lowest BCUT2D eigenvalue weighted by atomic mass is 10.1. The molecule has 0 aliphatic carbocycles. The molecule has 98 valence electrons. The van der Waals surface area contributed by atoms with Crippen molar-refractivity contribution in [3.05, 3.63) is 23.8 Å². The molecule has 1 fully saturated rings. The van der Waals surface area contributed by atoms with Crippen LogP contribution in [0, 0.1) is 0 Å². The SMILES string of the molecule is CNC(=O)c1ccc(N)c(NC2CCCOC2)c1. The van der Waals surface area contributed by atoms with Crippen molar-refractivity contribution in [3.8, 4) is 0 Å². The molecule has 4 N–H and O–H groups in total. The molecule has 1 atom stereocenters. The molecular weight excluding hydrogens is 230 g/mol. The molecule has 5 heteroatoms. The van der Waals surface area contributed by atoms with Gasteiger partial charge in [0.25, 0.3) is 5.91 Å². The fraction of sp³-hybridized carbons (Fsp3) is 0.462. The first kappa shape index (κ1) is 12.7. The lowest BCUT2D eigenvalue weighted by Gasteiger charge is -2.25. The number of benzene rings is 1. The minimum absolute atomic E-state index is 0.113. The molecule has 1 aromatic rings. The molecule has 0 bridgehead atoms. The molecule has 2 rings (SSSR count). The Balaban J connectivity index is 2.12. The molecule has 1 amide bonds. The summed E-state index contributed by atoms with van der Waals surface area (Å²) in [5.41, 5.74) is 7.96. The summed E-state index contributed by atoms with van der Waals surface area (Å²) in [5.74, 6) is -0.113. The average molecular weight is 249 g/mol. The van der Waals surface area contributed by atoms with Gasteiger partial charge < -0.3 is 21.1 Å². The first-order valence-electron chi connectivity index (χ1n) is 6.16. The highest BCUT2D eigenvalue weighted by molar-refractivity contribution is 5.96. The molecule has 18 heavy (non-hydrogen) atoms. The standard InChI is InChI=1S/C13H19N3O2/c1-15-13(17)9-4-5-11(14)12(7-9)16-10-3-2-6-18-8-10/h4-5,7,10,16H,2-3,6,8,14H2,1H3,(H,15,17). The number of hydrogen-bond donors (Lipinski definition) is 3. The Kier molecular flexibility index (Phi) is 4.04. The van der Waals surface area contributed by atoms with Crippen LogP contribution in [0.25, 0.3) is 0 Å². The highest BCUT2D eigenvalue weighted by Crippen LogP contribution is 2.22. The van der Waals surface area contributed by atoms with Gasteiger partial charge in [-0.15, -0.1) is 0 Å². The zero-order chi connectivity index (χ0) is 13.0. The van der Waals surface area contributed by atoms with Crippen molar-refractivity contribution in [2.45, 2.75) is 18.9 Å². The molecular formula is C13H19N3O2. The van der Waals surface area contributed by atoms with Crippen molar-refractivity contribution in [1.82, 2.24) is 5.32 Å². The maximum Gasteiger partial charge on any atom is 0.251 e. The third-order valence-electron chi connectivity index (χ3n) is 3.06. The number of hydrogen-bond acceptors (Lipinski definition) is 4. The van der Waals surface area contributed by atoms with Crippen LogP contribution in [0.4, 0.5) is 11.4 Å². The maximum atomic E-state index is 11.6. The van der Waals surface area contributed by atoms with E-state index in [1.54, 1.807) is 25.2 Å². The summed E-state index contributed by atoms with van der Waals surface area (Å²) in [4.78, 5) is 11.6. The van der Waals surface area contributed by atoms with Gasteiger partial charge in [0.1, 0.15) is 0 Å². The van der Waals surface area contributed by atoms with Crippen molar-refractivity contribution in [2.75, 3.05) is 31.3 Å².